The zero-order chi connectivity index (χ0) is 23.6. The first kappa shape index (κ1) is 26.6. The van der Waals surface area contributed by atoms with Crippen LogP contribution in [-0.2, 0) is 19.1 Å². The van der Waals surface area contributed by atoms with Gasteiger partial charge in [-0.1, -0.05) is 93.5 Å². The Bertz CT molecular complexity index is 840. The van der Waals surface area contributed by atoms with Gasteiger partial charge in [-0.15, -0.1) is 0 Å². The molecule has 0 saturated carbocycles. The number of carbonyl (C=O) groups excluding carboxylic acids is 2. The molecule has 0 amide bonds. The van der Waals surface area contributed by atoms with E-state index in [2.05, 4.69) is 53.7 Å². The first-order chi connectivity index (χ1) is 15.5. The Morgan fingerprint density at radius 1 is 0.719 bits per heavy atom. The number of hydrogen-bond acceptors (Lipinski definition) is 4. The van der Waals surface area contributed by atoms with Crippen LogP contribution in [-0.4, -0.2) is 26.2 Å². The minimum Gasteiger partial charge on any atom is -0.466 e. The lowest BCUT2D eigenvalue weighted by Crippen LogP contribution is -1.92. The third kappa shape index (κ3) is 11.7. The largest absolute Gasteiger partial charge is 0.466 e. The highest BCUT2D eigenvalue weighted by atomic mass is 16.5. The summed E-state index contributed by atoms with van der Waals surface area (Å²) in [6, 6.07) is 8.37. The number of rotatable bonds is 12. The summed E-state index contributed by atoms with van der Waals surface area (Å²) >= 11 is 0. The molecule has 0 aromatic heterocycles. The highest BCUT2D eigenvalue weighted by molar-refractivity contribution is 5.82. The summed E-state index contributed by atoms with van der Waals surface area (Å²) < 4.78 is 9.20. The number of methoxy groups -OCH3 is 2. The molecule has 0 saturated heterocycles. The van der Waals surface area contributed by atoms with Gasteiger partial charge in [-0.25, -0.2) is 9.59 Å². The van der Waals surface area contributed by atoms with Gasteiger partial charge in [-0.3, -0.25) is 0 Å². The quantitative estimate of drug-likeness (QED) is 0.211. The second-order valence-electron chi connectivity index (χ2n) is 7.09. The van der Waals surface area contributed by atoms with Crippen molar-refractivity contribution in [2.24, 2.45) is 0 Å². The summed E-state index contributed by atoms with van der Waals surface area (Å²) in [5.41, 5.74) is 4.61. The maximum absolute atomic E-state index is 11.2. The molecule has 4 heteroatoms. The average molecular weight is 435 g/mol. The Hall–Kier alpha value is -3.40. The summed E-state index contributed by atoms with van der Waals surface area (Å²) in [5.74, 6) is -0.735. The first-order valence-corrected chi connectivity index (χ1v) is 10.9. The number of hydrogen-bond donors (Lipinski definition) is 0. The molecule has 0 aliphatic heterocycles. The lowest BCUT2D eigenvalue weighted by molar-refractivity contribution is -0.135. The highest BCUT2D eigenvalue weighted by Crippen LogP contribution is 2.18. The van der Waals surface area contributed by atoms with E-state index >= 15 is 0 Å². The molecule has 0 radical (unpaired) electrons. The number of ether oxygens (including phenoxy) is 2. The number of benzene rings is 1. The fraction of sp³-hybridized carbons (Fsp3) is 0.286. The van der Waals surface area contributed by atoms with E-state index in [4.69, 9.17) is 0 Å². The van der Waals surface area contributed by atoms with Gasteiger partial charge >= 0.3 is 11.9 Å². The Kier molecular flexibility index (Phi) is 13.6. The van der Waals surface area contributed by atoms with Gasteiger partial charge in [0.2, 0.25) is 0 Å². The molecule has 32 heavy (non-hydrogen) atoms. The van der Waals surface area contributed by atoms with Crippen molar-refractivity contribution in [1.29, 1.82) is 0 Å². The molecule has 0 aliphatic carbocycles. The molecule has 0 unspecified atom stereocenters. The van der Waals surface area contributed by atoms with E-state index in [9.17, 15) is 9.59 Å². The van der Waals surface area contributed by atoms with Crippen molar-refractivity contribution in [2.45, 2.75) is 39.5 Å². The summed E-state index contributed by atoms with van der Waals surface area (Å²) in [6.45, 7) is 4.28. The molecule has 0 spiro atoms. The minimum absolute atomic E-state index is 0.368. The fourth-order valence-electron chi connectivity index (χ4n) is 2.91. The Balaban J connectivity index is 3.06. The van der Waals surface area contributed by atoms with Crippen LogP contribution in [0.25, 0.3) is 12.2 Å². The van der Waals surface area contributed by atoms with Crippen molar-refractivity contribution in [3.05, 3.63) is 95.1 Å². The topological polar surface area (TPSA) is 52.6 Å². The lowest BCUT2D eigenvalue weighted by Gasteiger charge is -2.04. The molecule has 1 aromatic rings. The van der Waals surface area contributed by atoms with Crippen molar-refractivity contribution in [1.82, 2.24) is 0 Å². The van der Waals surface area contributed by atoms with Gasteiger partial charge in [0.1, 0.15) is 0 Å². The predicted octanol–water partition coefficient (Wildman–Crippen LogP) is 6.62. The van der Waals surface area contributed by atoms with Crippen molar-refractivity contribution >= 4 is 24.1 Å². The van der Waals surface area contributed by atoms with Crippen LogP contribution >= 0.6 is 0 Å². The van der Waals surface area contributed by atoms with Crippen LogP contribution < -0.4 is 0 Å². The number of esters is 2. The molecule has 0 bridgehead atoms. The smallest absolute Gasteiger partial charge is 0.330 e. The molecule has 4 nitrogen and oxygen atoms in total. The molecule has 0 heterocycles. The highest BCUT2D eigenvalue weighted by Gasteiger charge is 1.98. The zero-order valence-corrected chi connectivity index (χ0v) is 19.5. The van der Waals surface area contributed by atoms with E-state index in [1.807, 2.05) is 30.4 Å². The molecular weight excluding hydrogens is 400 g/mol. The molecule has 0 fully saturated rings. The fourth-order valence-corrected chi connectivity index (χ4v) is 2.91. The number of allylic oxidation sites excluding steroid dienone is 8. The van der Waals surface area contributed by atoms with Crippen LogP contribution in [0.4, 0.5) is 0 Å². The molecular formula is C28H34O4. The molecule has 1 rings (SSSR count). The SMILES string of the molecule is CCCC(/C=C/C=C/C(=O)OC)=C\c1cccc(/C=C(/C=C/C=C/C(=O)OC)CCC)c1. The maximum atomic E-state index is 11.2. The second-order valence-corrected chi connectivity index (χ2v) is 7.09. The first-order valence-electron chi connectivity index (χ1n) is 10.9. The van der Waals surface area contributed by atoms with Crippen LogP contribution in [0, 0.1) is 0 Å². The van der Waals surface area contributed by atoms with E-state index in [-0.39, 0.29) is 11.9 Å². The van der Waals surface area contributed by atoms with Crippen molar-refractivity contribution in [3.63, 3.8) is 0 Å². The minimum atomic E-state index is -0.368. The second kappa shape index (κ2) is 16.3. The van der Waals surface area contributed by atoms with Gasteiger partial charge in [0, 0.05) is 12.2 Å². The summed E-state index contributed by atoms with van der Waals surface area (Å²) in [4.78, 5) is 22.4. The van der Waals surface area contributed by atoms with Gasteiger partial charge in [0.25, 0.3) is 0 Å². The number of carbonyl (C=O) groups is 2. The van der Waals surface area contributed by atoms with Crippen LogP contribution in [0.5, 0.6) is 0 Å². The van der Waals surface area contributed by atoms with E-state index in [1.54, 1.807) is 12.2 Å². The van der Waals surface area contributed by atoms with Crippen LogP contribution in [0.1, 0.15) is 50.7 Å². The van der Waals surface area contributed by atoms with Gasteiger partial charge in [-0.05, 0) is 41.2 Å². The lowest BCUT2D eigenvalue weighted by atomic mass is 10.0. The van der Waals surface area contributed by atoms with Gasteiger partial charge in [0.15, 0.2) is 0 Å². The molecule has 0 atom stereocenters. The summed E-state index contributed by atoms with van der Waals surface area (Å²) in [7, 11) is 2.72. The van der Waals surface area contributed by atoms with Crippen LogP contribution in [0.15, 0.2) is 84.0 Å². The van der Waals surface area contributed by atoms with Crippen molar-refractivity contribution in [2.75, 3.05) is 14.2 Å². The van der Waals surface area contributed by atoms with Crippen LogP contribution in [0.3, 0.4) is 0 Å². The molecule has 170 valence electrons. The van der Waals surface area contributed by atoms with Crippen molar-refractivity contribution in [3.8, 4) is 0 Å². The van der Waals surface area contributed by atoms with Gasteiger partial charge in [-0.2, -0.15) is 0 Å². The third-order valence-electron chi connectivity index (χ3n) is 4.40. The average Bonchev–Trinajstić information content (AvgIpc) is 2.79. The molecule has 1 aromatic carbocycles. The standard InChI is InChI=1S/C28H34O4/c1-5-12-23(14-7-9-18-27(29)31-3)20-25-16-11-17-26(22-25)21-24(13-6-2)15-8-10-19-28(30)32-4/h7-11,14-22H,5-6,12-13H2,1-4H3/b14-7+,15-8+,18-9+,19-10+,23-20+,24-21+. The van der Waals surface area contributed by atoms with Crippen LogP contribution in [0.2, 0.25) is 0 Å². The molecule has 0 aliphatic rings. The summed E-state index contributed by atoms with van der Waals surface area (Å²) in [5, 5.41) is 0. The Morgan fingerprint density at radius 2 is 1.12 bits per heavy atom. The molecule has 0 N–H and O–H groups in total. The maximum Gasteiger partial charge on any atom is 0.330 e. The Morgan fingerprint density at radius 3 is 1.50 bits per heavy atom. The van der Waals surface area contributed by atoms with E-state index in [0.717, 1.165) is 36.8 Å². The van der Waals surface area contributed by atoms with Crippen molar-refractivity contribution < 1.29 is 19.1 Å². The van der Waals surface area contributed by atoms with E-state index in [1.165, 1.54) is 37.5 Å². The van der Waals surface area contributed by atoms with E-state index in [0.29, 0.717) is 0 Å². The normalized spacial score (nSPS) is 13.0. The monoisotopic (exact) mass is 434 g/mol. The summed E-state index contributed by atoms with van der Waals surface area (Å²) in [6.07, 6.45) is 22.2. The third-order valence-corrected chi connectivity index (χ3v) is 4.40. The van der Waals surface area contributed by atoms with Gasteiger partial charge < -0.3 is 9.47 Å². The Labute approximate surface area is 192 Å². The van der Waals surface area contributed by atoms with Gasteiger partial charge in [0.05, 0.1) is 14.2 Å². The zero-order valence-electron chi connectivity index (χ0n) is 19.5. The van der Waals surface area contributed by atoms with E-state index < -0.39 is 0 Å². The predicted molar refractivity (Wildman–Crippen MR) is 133 cm³/mol.